The molecule has 7 nitrogen and oxygen atoms in total. The van der Waals surface area contributed by atoms with E-state index in [0.717, 1.165) is 72.6 Å². The lowest BCUT2D eigenvalue weighted by atomic mass is 10.1. The highest BCUT2D eigenvalue weighted by atomic mass is 15.2. The molecule has 0 spiro atoms. The van der Waals surface area contributed by atoms with Gasteiger partial charge in [-0.05, 0) is 23.1 Å². The zero-order chi connectivity index (χ0) is 19.5. The lowest BCUT2D eigenvalue weighted by Gasteiger charge is -2.12. The number of hydrogen-bond donors (Lipinski definition) is 3. The van der Waals surface area contributed by atoms with Crippen LogP contribution in [-0.4, -0.2) is 32.8 Å². The number of nitrogen functional groups attached to an aromatic ring is 1. The fraction of sp³-hybridized carbons (Fsp3) is 0.381. The van der Waals surface area contributed by atoms with E-state index in [-0.39, 0.29) is 0 Å². The van der Waals surface area contributed by atoms with Crippen molar-refractivity contribution in [3.8, 4) is 0 Å². The largest absolute Gasteiger partial charge is 0.380 e. The Balaban J connectivity index is 1.85. The Labute approximate surface area is 164 Å². The van der Waals surface area contributed by atoms with Gasteiger partial charge in [-0.1, -0.05) is 43.7 Å². The molecule has 4 rings (SSSR count). The van der Waals surface area contributed by atoms with Crippen molar-refractivity contribution in [2.75, 3.05) is 18.8 Å². The van der Waals surface area contributed by atoms with Crippen LogP contribution in [0.3, 0.4) is 0 Å². The lowest BCUT2D eigenvalue weighted by molar-refractivity contribution is 0.689. The number of hydrogen-bond acceptors (Lipinski definition) is 6. The Kier molecular flexibility index (Phi) is 5.36. The van der Waals surface area contributed by atoms with Gasteiger partial charge >= 0.3 is 0 Å². The van der Waals surface area contributed by atoms with Gasteiger partial charge in [0.2, 0.25) is 0 Å². The number of rotatable bonds is 7. The number of aryl methyl sites for hydroxylation is 1. The molecule has 0 unspecified atom stereocenters. The van der Waals surface area contributed by atoms with Gasteiger partial charge in [0.15, 0.2) is 5.82 Å². The zero-order valence-electron chi connectivity index (χ0n) is 16.3. The standard InChI is InChI=1S/C21H27N7/c1-2-3-4-17-25-19-20(18(26-27-21(19)23)16-9-10-24-12-16)28(17)13-15-7-5-14(11-22)6-8-15/h5-9,24H,2-4,10-13,22H2,1H3,(H2,23,27). The number of aromatic nitrogens is 4. The minimum atomic E-state index is 0.389. The number of nitrogens with two attached hydrogens (primary N) is 2. The predicted octanol–water partition coefficient (Wildman–Crippen LogP) is 2.24. The third kappa shape index (κ3) is 3.50. The van der Waals surface area contributed by atoms with Gasteiger partial charge in [-0.25, -0.2) is 4.98 Å². The van der Waals surface area contributed by atoms with Gasteiger partial charge in [0.05, 0.1) is 0 Å². The Morgan fingerprint density at radius 1 is 1.14 bits per heavy atom. The van der Waals surface area contributed by atoms with Gasteiger partial charge < -0.3 is 21.4 Å². The molecule has 0 radical (unpaired) electrons. The van der Waals surface area contributed by atoms with Crippen molar-refractivity contribution < 1.29 is 0 Å². The summed E-state index contributed by atoms with van der Waals surface area (Å²) in [7, 11) is 0. The zero-order valence-corrected chi connectivity index (χ0v) is 16.3. The monoisotopic (exact) mass is 377 g/mol. The highest BCUT2D eigenvalue weighted by Gasteiger charge is 2.21. The van der Waals surface area contributed by atoms with E-state index >= 15 is 0 Å². The Morgan fingerprint density at radius 2 is 1.93 bits per heavy atom. The van der Waals surface area contributed by atoms with E-state index < -0.39 is 0 Å². The van der Waals surface area contributed by atoms with E-state index in [4.69, 9.17) is 16.5 Å². The van der Waals surface area contributed by atoms with Gasteiger partial charge in [-0.3, -0.25) is 0 Å². The van der Waals surface area contributed by atoms with Crippen LogP contribution < -0.4 is 16.8 Å². The highest BCUT2D eigenvalue weighted by Crippen LogP contribution is 2.29. The highest BCUT2D eigenvalue weighted by molar-refractivity contribution is 5.93. The average Bonchev–Trinajstić information content (AvgIpc) is 3.37. The summed E-state index contributed by atoms with van der Waals surface area (Å²) in [5.41, 5.74) is 18.0. The Morgan fingerprint density at radius 3 is 2.61 bits per heavy atom. The molecular weight excluding hydrogens is 350 g/mol. The molecule has 1 aromatic carbocycles. The van der Waals surface area contributed by atoms with Gasteiger partial charge in [0.25, 0.3) is 0 Å². The fourth-order valence-corrected chi connectivity index (χ4v) is 3.65. The smallest absolute Gasteiger partial charge is 0.174 e. The van der Waals surface area contributed by atoms with E-state index in [1.807, 2.05) is 0 Å². The van der Waals surface area contributed by atoms with Gasteiger partial charge in [-0.2, -0.15) is 0 Å². The predicted molar refractivity (Wildman–Crippen MR) is 113 cm³/mol. The molecule has 28 heavy (non-hydrogen) atoms. The summed E-state index contributed by atoms with van der Waals surface area (Å²) in [6.07, 6.45) is 5.26. The number of imidazole rings is 1. The maximum Gasteiger partial charge on any atom is 0.174 e. The lowest BCUT2D eigenvalue weighted by Crippen LogP contribution is -2.11. The second-order valence-electron chi connectivity index (χ2n) is 7.23. The second kappa shape index (κ2) is 8.08. The van der Waals surface area contributed by atoms with Crippen molar-refractivity contribution in [2.45, 2.75) is 39.3 Å². The van der Waals surface area contributed by atoms with Crippen LogP contribution in [0.1, 0.15) is 42.4 Å². The molecule has 146 valence electrons. The van der Waals surface area contributed by atoms with E-state index in [1.54, 1.807) is 0 Å². The van der Waals surface area contributed by atoms with Crippen LogP contribution in [-0.2, 0) is 19.5 Å². The third-order valence-corrected chi connectivity index (χ3v) is 5.24. The van der Waals surface area contributed by atoms with Crippen LogP contribution in [0.25, 0.3) is 16.6 Å². The number of benzene rings is 1. The molecular formula is C21H27N7. The van der Waals surface area contributed by atoms with Crippen LogP contribution in [0.4, 0.5) is 5.82 Å². The summed E-state index contributed by atoms with van der Waals surface area (Å²) in [4.78, 5) is 4.88. The van der Waals surface area contributed by atoms with Crippen LogP contribution in [0, 0.1) is 0 Å². The Bertz CT molecular complexity index is 1000. The van der Waals surface area contributed by atoms with Crippen LogP contribution in [0.2, 0.25) is 0 Å². The van der Waals surface area contributed by atoms with E-state index in [9.17, 15) is 0 Å². The molecule has 7 heteroatoms. The van der Waals surface area contributed by atoms with Crippen molar-refractivity contribution in [2.24, 2.45) is 5.73 Å². The summed E-state index contributed by atoms with van der Waals surface area (Å²) in [5, 5.41) is 12.0. The van der Waals surface area contributed by atoms with E-state index in [0.29, 0.717) is 12.4 Å². The molecule has 0 saturated carbocycles. The molecule has 2 aromatic heterocycles. The van der Waals surface area contributed by atoms with E-state index in [1.165, 1.54) is 5.56 Å². The molecule has 3 aromatic rings. The molecule has 0 aliphatic carbocycles. The Hall–Kier alpha value is -2.77. The number of unbranched alkanes of at least 4 members (excludes halogenated alkanes) is 1. The van der Waals surface area contributed by atoms with Crippen molar-refractivity contribution in [1.82, 2.24) is 25.1 Å². The first-order valence-corrected chi connectivity index (χ1v) is 9.90. The summed E-state index contributed by atoms with van der Waals surface area (Å²) < 4.78 is 2.27. The molecule has 0 atom stereocenters. The number of fused-ring (bicyclic) bond motifs is 1. The molecule has 0 bridgehead atoms. The molecule has 5 N–H and O–H groups in total. The fourth-order valence-electron chi connectivity index (χ4n) is 3.65. The molecule has 3 heterocycles. The first-order chi connectivity index (χ1) is 13.7. The van der Waals surface area contributed by atoms with Crippen LogP contribution >= 0.6 is 0 Å². The van der Waals surface area contributed by atoms with Gasteiger partial charge in [0, 0.05) is 32.6 Å². The first-order valence-electron chi connectivity index (χ1n) is 9.90. The second-order valence-corrected chi connectivity index (χ2v) is 7.23. The quantitative estimate of drug-likeness (QED) is 0.583. The minimum Gasteiger partial charge on any atom is -0.380 e. The summed E-state index contributed by atoms with van der Waals surface area (Å²) in [5.74, 6) is 1.43. The maximum absolute atomic E-state index is 6.17. The van der Waals surface area contributed by atoms with Gasteiger partial charge in [0.1, 0.15) is 22.6 Å². The topological polar surface area (TPSA) is 108 Å². The van der Waals surface area contributed by atoms with Crippen molar-refractivity contribution >= 4 is 22.4 Å². The summed E-state index contributed by atoms with van der Waals surface area (Å²) in [6, 6.07) is 8.43. The third-order valence-electron chi connectivity index (χ3n) is 5.24. The number of anilines is 1. The molecule has 0 fully saturated rings. The molecule has 1 aliphatic rings. The first kappa shape index (κ1) is 18.6. The number of nitrogens with one attached hydrogen (secondary N) is 1. The summed E-state index contributed by atoms with van der Waals surface area (Å²) >= 11 is 0. The van der Waals surface area contributed by atoms with Crippen molar-refractivity contribution in [3.05, 3.63) is 53.0 Å². The number of nitrogens with zero attached hydrogens (tertiary/aromatic N) is 4. The maximum atomic E-state index is 6.17. The van der Waals surface area contributed by atoms with Gasteiger partial charge in [-0.15, -0.1) is 10.2 Å². The van der Waals surface area contributed by atoms with Crippen molar-refractivity contribution in [1.29, 1.82) is 0 Å². The summed E-state index contributed by atoms with van der Waals surface area (Å²) in [6.45, 7) is 5.10. The molecule has 1 aliphatic heterocycles. The molecule has 0 amide bonds. The molecule has 0 saturated heterocycles. The van der Waals surface area contributed by atoms with Crippen molar-refractivity contribution in [3.63, 3.8) is 0 Å². The SMILES string of the molecule is CCCCc1nc2c(N)nnc(C3=CCNC3)c2n1Cc1ccc(CN)cc1. The van der Waals surface area contributed by atoms with E-state index in [2.05, 4.69) is 57.3 Å². The minimum absolute atomic E-state index is 0.389. The van der Waals surface area contributed by atoms with Crippen LogP contribution in [0.5, 0.6) is 0 Å². The average molecular weight is 377 g/mol. The van der Waals surface area contributed by atoms with Crippen LogP contribution in [0.15, 0.2) is 30.3 Å². The normalized spacial score (nSPS) is 14.0.